The van der Waals surface area contributed by atoms with Crippen molar-refractivity contribution < 1.29 is 4.74 Å². The second-order valence-electron chi connectivity index (χ2n) is 6.50. The van der Waals surface area contributed by atoms with Crippen molar-refractivity contribution >= 4 is 10.9 Å². The average molecular weight is 320 g/mol. The van der Waals surface area contributed by atoms with Crippen molar-refractivity contribution in [1.29, 1.82) is 0 Å². The summed E-state index contributed by atoms with van der Waals surface area (Å²) in [4.78, 5) is 4.67. The molecular formula is C21H24N2O. The summed E-state index contributed by atoms with van der Waals surface area (Å²) in [5.74, 6) is 0.698. The number of ether oxygens (including phenoxy) is 1. The summed E-state index contributed by atoms with van der Waals surface area (Å²) in [6.07, 6.45) is 1.68. The number of nitrogens with zero attached hydrogens (tertiary/aromatic N) is 1. The first kappa shape index (κ1) is 16.5. The van der Waals surface area contributed by atoms with Gasteiger partial charge in [0.2, 0.25) is 5.88 Å². The van der Waals surface area contributed by atoms with Crippen LogP contribution in [-0.4, -0.2) is 12.1 Å². The van der Waals surface area contributed by atoms with Crippen LogP contribution in [0, 0.1) is 0 Å². The van der Waals surface area contributed by atoms with E-state index in [4.69, 9.17) is 10.5 Å². The highest BCUT2D eigenvalue weighted by molar-refractivity contribution is 5.81. The third kappa shape index (κ3) is 3.26. The Kier molecular flexibility index (Phi) is 4.54. The van der Waals surface area contributed by atoms with Crippen LogP contribution in [-0.2, 0) is 18.4 Å². The maximum absolute atomic E-state index is 6.63. The zero-order chi connectivity index (χ0) is 17.2. The Bertz CT molecular complexity index is 841. The third-order valence-corrected chi connectivity index (χ3v) is 4.50. The van der Waals surface area contributed by atoms with Crippen LogP contribution >= 0.6 is 0 Å². The second-order valence-corrected chi connectivity index (χ2v) is 6.50. The first-order valence-corrected chi connectivity index (χ1v) is 8.34. The molecule has 0 aliphatic heterocycles. The van der Waals surface area contributed by atoms with Gasteiger partial charge >= 0.3 is 0 Å². The Labute approximate surface area is 143 Å². The Morgan fingerprint density at radius 2 is 1.83 bits per heavy atom. The van der Waals surface area contributed by atoms with Crippen LogP contribution < -0.4 is 10.5 Å². The minimum absolute atomic E-state index is 0.451. The molecule has 0 radical (unpaired) electrons. The zero-order valence-corrected chi connectivity index (χ0v) is 14.5. The minimum Gasteiger partial charge on any atom is -0.481 e. The monoisotopic (exact) mass is 320 g/mol. The van der Waals surface area contributed by atoms with Gasteiger partial charge in [0.1, 0.15) is 0 Å². The number of benzene rings is 2. The van der Waals surface area contributed by atoms with Gasteiger partial charge in [-0.05, 0) is 43.0 Å². The molecule has 2 aromatic carbocycles. The lowest BCUT2D eigenvalue weighted by atomic mass is 9.86. The predicted octanol–water partition coefficient (Wildman–Crippen LogP) is 4.22. The van der Waals surface area contributed by atoms with Crippen molar-refractivity contribution in [2.24, 2.45) is 5.73 Å². The van der Waals surface area contributed by atoms with Gasteiger partial charge in [0.25, 0.3) is 0 Å². The van der Waals surface area contributed by atoms with Crippen LogP contribution in [0.2, 0.25) is 0 Å². The number of aromatic nitrogens is 1. The lowest BCUT2D eigenvalue weighted by Gasteiger charge is -2.26. The van der Waals surface area contributed by atoms with E-state index in [0.717, 1.165) is 34.9 Å². The maximum atomic E-state index is 6.63. The molecule has 0 amide bonds. The largest absolute Gasteiger partial charge is 0.481 e. The molecule has 3 aromatic rings. The summed E-state index contributed by atoms with van der Waals surface area (Å²) < 4.78 is 5.42. The standard InChI is InChI=1S/C21H24N2O/c1-4-16-12-17-10-11-18(13-19(17)23-20(16)24-3)21(2,22)14-15-8-6-5-7-9-15/h5-13H,4,14,22H2,1-3H3. The van der Waals surface area contributed by atoms with E-state index in [-0.39, 0.29) is 0 Å². The molecular weight excluding hydrogens is 296 g/mol. The fourth-order valence-corrected chi connectivity index (χ4v) is 3.10. The van der Waals surface area contributed by atoms with Crippen molar-refractivity contribution in [1.82, 2.24) is 4.98 Å². The summed E-state index contributed by atoms with van der Waals surface area (Å²) in [6.45, 7) is 4.18. The summed E-state index contributed by atoms with van der Waals surface area (Å²) in [5.41, 5.74) is 10.5. The number of fused-ring (bicyclic) bond motifs is 1. The first-order valence-electron chi connectivity index (χ1n) is 8.34. The molecule has 0 bridgehead atoms. The molecule has 3 rings (SSSR count). The van der Waals surface area contributed by atoms with Gasteiger partial charge in [0.15, 0.2) is 0 Å². The first-order chi connectivity index (χ1) is 11.5. The summed E-state index contributed by atoms with van der Waals surface area (Å²) in [5, 5.41) is 1.12. The average Bonchev–Trinajstić information content (AvgIpc) is 2.60. The maximum Gasteiger partial charge on any atom is 0.216 e. The molecule has 0 saturated carbocycles. The van der Waals surface area contributed by atoms with Crippen LogP contribution in [0.4, 0.5) is 0 Å². The van der Waals surface area contributed by atoms with E-state index in [2.05, 4.69) is 55.2 Å². The van der Waals surface area contributed by atoms with E-state index >= 15 is 0 Å². The molecule has 0 fully saturated rings. The second kappa shape index (κ2) is 6.62. The van der Waals surface area contributed by atoms with Crippen molar-refractivity contribution in [2.45, 2.75) is 32.2 Å². The summed E-state index contributed by atoms with van der Waals surface area (Å²) in [7, 11) is 1.67. The van der Waals surface area contributed by atoms with E-state index in [1.807, 2.05) is 18.2 Å². The van der Waals surface area contributed by atoms with Gasteiger partial charge in [0.05, 0.1) is 12.6 Å². The molecule has 0 saturated heterocycles. The Morgan fingerprint density at radius 3 is 2.50 bits per heavy atom. The molecule has 24 heavy (non-hydrogen) atoms. The predicted molar refractivity (Wildman–Crippen MR) is 99.4 cm³/mol. The van der Waals surface area contributed by atoms with Crippen molar-refractivity contribution in [3.63, 3.8) is 0 Å². The smallest absolute Gasteiger partial charge is 0.216 e. The third-order valence-electron chi connectivity index (χ3n) is 4.50. The number of pyridine rings is 1. The Balaban J connectivity index is 2.00. The van der Waals surface area contributed by atoms with Crippen LogP contribution in [0.15, 0.2) is 54.6 Å². The van der Waals surface area contributed by atoms with Crippen LogP contribution in [0.5, 0.6) is 5.88 Å². The van der Waals surface area contributed by atoms with E-state index in [1.165, 1.54) is 5.56 Å². The highest BCUT2D eigenvalue weighted by Gasteiger charge is 2.22. The van der Waals surface area contributed by atoms with Gasteiger partial charge < -0.3 is 10.5 Å². The fourth-order valence-electron chi connectivity index (χ4n) is 3.10. The van der Waals surface area contributed by atoms with E-state index in [9.17, 15) is 0 Å². The van der Waals surface area contributed by atoms with Crippen LogP contribution in [0.1, 0.15) is 30.5 Å². The number of nitrogens with two attached hydrogens (primary N) is 1. The molecule has 124 valence electrons. The molecule has 0 aliphatic rings. The SMILES string of the molecule is CCc1cc2ccc(C(C)(N)Cc3ccccc3)cc2nc1OC. The van der Waals surface area contributed by atoms with Gasteiger partial charge in [0, 0.05) is 16.5 Å². The van der Waals surface area contributed by atoms with Crippen LogP contribution in [0.25, 0.3) is 10.9 Å². The number of hydrogen-bond donors (Lipinski definition) is 1. The van der Waals surface area contributed by atoms with Gasteiger partial charge in [-0.25, -0.2) is 4.98 Å². The molecule has 3 nitrogen and oxygen atoms in total. The quantitative estimate of drug-likeness (QED) is 0.765. The minimum atomic E-state index is -0.451. The lowest BCUT2D eigenvalue weighted by molar-refractivity contribution is 0.394. The number of aryl methyl sites for hydroxylation is 1. The number of hydrogen-bond acceptors (Lipinski definition) is 3. The van der Waals surface area contributed by atoms with Gasteiger partial charge in [-0.15, -0.1) is 0 Å². The molecule has 1 heterocycles. The summed E-state index contributed by atoms with van der Waals surface area (Å²) in [6, 6.07) is 18.8. The van der Waals surface area contributed by atoms with Gasteiger partial charge in [-0.3, -0.25) is 0 Å². The van der Waals surface area contributed by atoms with Crippen molar-refractivity contribution in [3.8, 4) is 5.88 Å². The molecule has 0 spiro atoms. The number of methoxy groups -OCH3 is 1. The fraction of sp³-hybridized carbons (Fsp3) is 0.286. The van der Waals surface area contributed by atoms with E-state index < -0.39 is 5.54 Å². The molecule has 0 aliphatic carbocycles. The lowest BCUT2D eigenvalue weighted by Crippen LogP contribution is -2.35. The van der Waals surface area contributed by atoms with Crippen molar-refractivity contribution in [3.05, 3.63) is 71.3 Å². The van der Waals surface area contributed by atoms with Gasteiger partial charge in [-0.1, -0.05) is 49.4 Å². The highest BCUT2D eigenvalue weighted by atomic mass is 16.5. The van der Waals surface area contributed by atoms with E-state index in [0.29, 0.717) is 5.88 Å². The Morgan fingerprint density at radius 1 is 1.08 bits per heavy atom. The number of rotatable bonds is 5. The molecule has 1 unspecified atom stereocenters. The molecule has 2 N–H and O–H groups in total. The zero-order valence-electron chi connectivity index (χ0n) is 14.5. The summed E-state index contributed by atoms with van der Waals surface area (Å²) >= 11 is 0. The molecule has 1 atom stereocenters. The Hall–Kier alpha value is -2.39. The molecule has 1 aromatic heterocycles. The normalized spacial score (nSPS) is 13.7. The van der Waals surface area contributed by atoms with Gasteiger partial charge in [-0.2, -0.15) is 0 Å². The highest BCUT2D eigenvalue weighted by Crippen LogP contribution is 2.28. The van der Waals surface area contributed by atoms with E-state index in [1.54, 1.807) is 7.11 Å². The van der Waals surface area contributed by atoms with Crippen molar-refractivity contribution in [2.75, 3.05) is 7.11 Å². The molecule has 3 heteroatoms. The van der Waals surface area contributed by atoms with Crippen LogP contribution in [0.3, 0.4) is 0 Å². The topological polar surface area (TPSA) is 48.1 Å².